The van der Waals surface area contributed by atoms with Crippen LogP contribution in [0.4, 0.5) is 30.2 Å². The van der Waals surface area contributed by atoms with Gasteiger partial charge in [0.25, 0.3) is 11.8 Å². The molecular weight excluding hydrogens is 475 g/mol. The van der Waals surface area contributed by atoms with Crippen molar-refractivity contribution < 1.29 is 27.3 Å². The summed E-state index contributed by atoms with van der Waals surface area (Å²) in [6.07, 6.45) is -4.60. The molecule has 0 atom stereocenters. The van der Waals surface area contributed by atoms with Crippen molar-refractivity contribution in [3.8, 4) is 0 Å². The normalized spacial score (nSPS) is 14.6. The van der Waals surface area contributed by atoms with E-state index < -0.39 is 23.6 Å². The van der Waals surface area contributed by atoms with Crippen molar-refractivity contribution in [2.45, 2.75) is 20.0 Å². The topological polar surface area (TPSA) is 90.7 Å². The lowest BCUT2D eigenvalue weighted by molar-refractivity contribution is -0.137. The van der Waals surface area contributed by atoms with Crippen molar-refractivity contribution in [1.29, 1.82) is 0 Å². The maximum atomic E-state index is 13.6. The third-order valence-electron chi connectivity index (χ3n) is 5.98. The molecular formula is C25H26F3N5O3. The number of alkyl halides is 3. The molecule has 4 rings (SSSR count). The van der Waals surface area contributed by atoms with Crippen LogP contribution in [0.5, 0.6) is 0 Å². The van der Waals surface area contributed by atoms with Gasteiger partial charge in [-0.05, 0) is 56.8 Å². The van der Waals surface area contributed by atoms with E-state index in [1.165, 1.54) is 18.2 Å². The van der Waals surface area contributed by atoms with Crippen molar-refractivity contribution in [3.63, 3.8) is 0 Å². The molecule has 0 spiro atoms. The molecule has 1 aromatic heterocycles. The van der Waals surface area contributed by atoms with E-state index in [1.807, 2.05) is 11.9 Å². The molecule has 36 heavy (non-hydrogen) atoms. The monoisotopic (exact) mass is 501 g/mol. The number of hydrogen-bond donors (Lipinski definition) is 2. The Morgan fingerprint density at radius 1 is 0.944 bits per heavy atom. The van der Waals surface area contributed by atoms with Gasteiger partial charge in [0.1, 0.15) is 5.76 Å². The summed E-state index contributed by atoms with van der Waals surface area (Å²) in [5.41, 5.74) is 0.908. The SMILES string of the molecule is Cc1cc(C(=O)Nc2cc(NC(=O)c3cc(N4CCN(C)CC4)cc(C(F)(F)F)c3)ccc2C)no1. The molecule has 8 nitrogen and oxygen atoms in total. The Morgan fingerprint density at radius 2 is 1.67 bits per heavy atom. The standard InChI is InChI=1S/C25H26F3N5O3/c1-15-4-5-19(14-21(15)30-24(35)22-10-16(2)36-31-22)29-23(34)17-11-18(25(26,27)28)13-20(12-17)33-8-6-32(3)7-9-33/h4-5,10-14H,6-9H2,1-3H3,(H,29,34)(H,30,35). The van der Waals surface area contributed by atoms with E-state index in [0.717, 1.165) is 17.7 Å². The molecule has 0 radical (unpaired) electrons. The van der Waals surface area contributed by atoms with Gasteiger partial charge in [-0.15, -0.1) is 0 Å². The lowest BCUT2D eigenvalue weighted by atomic mass is 10.1. The minimum Gasteiger partial charge on any atom is -0.369 e. The first-order chi connectivity index (χ1) is 17.0. The second-order valence-electron chi connectivity index (χ2n) is 8.82. The maximum Gasteiger partial charge on any atom is 0.416 e. The number of anilines is 3. The highest BCUT2D eigenvalue weighted by molar-refractivity contribution is 6.06. The first-order valence-electron chi connectivity index (χ1n) is 11.3. The van der Waals surface area contributed by atoms with Gasteiger partial charge in [-0.1, -0.05) is 11.2 Å². The Hall–Kier alpha value is -3.86. The van der Waals surface area contributed by atoms with Crippen molar-refractivity contribution >= 4 is 28.9 Å². The number of aromatic nitrogens is 1. The van der Waals surface area contributed by atoms with Crippen LogP contribution in [0.2, 0.25) is 0 Å². The molecule has 2 heterocycles. The Bertz CT molecular complexity index is 1280. The van der Waals surface area contributed by atoms with Gasteiger partial charge in [-0.3, -0.25) is 9.59 Å². The van der Waals surface area contributed by atoms with E-state index in [4.69, 9.17) is 4.52 Å². The van der Waals surface area contributed by atoms with E-state index in [0.29, 0.717) is 49.0 Å². The quantitative estimate of drug-likeness (QED) is 0.533. The van der Waals surface area contributed by atoms with Crippen LogP contribution in [-0.4, -0.2) is 55.1 Å². The number of carbonyl (C=O) groups excluding carboxylic acids is 2. The first-order valence-corrected chi connectivity index (χ1v) is 11.3. The second-order valence-corrected chi connectivity index (χ2v) is 8.82. The van der Waals surface area contributed by atoms with Gasteiger partial charge >= 0.3 is 6.18 Å². The molecule has 0 bridgehead atoms. The van der Waals surface area contributed by atoms with Crippen molar-refractivity contribution in [3.05, 3.63) is 70.6 Å². The number of halogens is 3. The zero-order valence-corrected chi connectivity index (χ0v) is 20.1. The fraction of sp³-hybridized carbons (Fsp3) is 0.320. The number of piperazine rings is 1. The summed E-state index contributed by atoms with van der Waals surface area (Å²) in [6, 6.07) is 9.71. The molecule has 0 unspecified atom stereocenters. The number of aryl methyl sites for hydroxylation is 2. The van der Waals surface area contributed by atoms with E-state index in [9.17, 15) is 22.8 Å². The molecule has 1 aliphatic heterocycles. The Balaban J connectivity index is 1.56. The number of carbonyl (C=O) groups is 2. The molecule has 2 N–H and O–H groups in total. The van der Waals surface area contributed by atoms with Gasteiger partial charge in [0.15, 0.2) is 5.69 Å². The number of rotatable bonds is 5. The Labute approximate surface area is 206 Å². The van der Waals surface area contributed by atoms with Crippen LogP contribution in [0.15, 0.2) is 47.0 Å². The average molecular weight is 502 g/mol. The molecule has 190 valence electrons. The van der Waals surface area contributed by atoms with Crippen LogP contribution in [0.25, 0.3) is 0 Å². The van der Waals surface area contributed by atoms with Gasteiger partial charge in [0.2, 0.25) is 0 Å². The highest BCUT2D eigenvalue weighted by atomic mass is 19.4. The minimum atomic E-state index is -4.60. The largest absolute Gasteiger partial charge is 0.416 e. The van der Waals surface area contributed by atoms with Gasteiger partial charge in [0, 0.05) is 54.9 Å². The van der Waals surface area contributed by atoms with Gasteiger partial charge in [-0.25, -0.2) is 0 Å². The number of benzene rings is 2. The van der Waals surface area contributed by atoms with E-state index in [1.54, 1.807) is 26.0 Å². The molecule has 2 aromatic carbocycles. The van der Waals surface area contributed by atoms with Crippen molar-refractivity contribution in [2.24, 2.45) is 0 Å². The smallest absolute Gasteiger partial charge is 0.369 e. The van der Waals surface area contributed by atoms with Gasteiger partial charge in [-0.2, -0.15) is 13.2 Å². The number of likely N-dealkylation sites (N-methyl/N-ethyl adjacent to an activating group) is 1. The lowest BCUT2D eigenvalue weighted by Gasteiger charge is -2.34. The highest BCUT2D eigenvalue weighted by Gasteiger charge is 2.32. The van der Waals surface area contributed by atoms with E-state index in [-0.39, 0.29) is 11.3 Å². The summed E-state index contributed by atoms with van der Waals surface area (Å²) >= 11 is 0. The fourth-order valence-electron chi connectivity index (χ4n) is 3.85. The van der Waals surface area contributed by atoms with Crippen molar-refractivity contribution in [1.82, 2.24) is 10.1 Å². The first kappa shape index (κ1) is 25.2. The minimum absolute atomic E-state index is 0.0988. The van der Waals surface area contributed by atoms with Crippen LogP contribution in [0, 0.1) is 13.8 Å². The third-order valence-corrected chi connectivity index (χ3v) is 5.98. The third kappa shape index (κ3) is 5.85. The summed E-state index contributed by atoms with van der Waals surface area (Å²) in [4.78, 5) is 29.4. The Morgan fingerprint density at radius 3 is 2.31 bits per heavy atom. The molecule has 1 fully saturated rings. The predicted molar refractivity (Wildman–Crippen MR) is 129 cm³/mol. The molecule has 1 saturated heterocycles. The number of amides is 2. The zero-order valence-electron chi connectivity index (χ0n) is 20.1. The highest BCUT2D eigenvalue weighted by Crippen LogP contribution is 2.34. The molecule has 1 aliphatic rings. The van der Waals surface area contributed by atoms with Crippen molar-refractivity contribution in [2.75, 3.05) is 48.8 Å². The van der Waals surface area contributed by atoms with Crippen LogP contribution in [-0.2, 0) is 6.18 Å². The van der Waals surface area contributed by atoms with Gasteiger partial charge < -0.3 is 25.0 Å². The number of hydrogen-bond acceptors (Lipinski definition) is 6. The maximum absolute atomic E-state index is 13.6. The summed E-state index contributed by atoms with van der Waals surface area (Å²) in [5.74, 6) is -0.701. The average Bonchev–Trinajstić information content (AvgIpc) is 3.27. The summed E-state index contributed by atoms with van der Waals surface area (Å²) in [6.45, 7) is 5.97. The van der Waals surface area contributed by atoms with Crippen LogP contribution < -0.4 is 15.5 Å². The molecule has 0 saturated carbocycles. The predicted octanol–water partition coefficient (Wildman–Crippen LogP) is 4.57. The second kappa shape index (κ2) is 10.0. The summed E-state index contributed by atoms with van der Waals surface area (Å²) in [7, 11) is 1.95. The number of nitrogens with zero attached hydrogens (tertiary/aromatic N) is 3. The van der Waals surface area contributed by atoms with Crippen LogP contribution in [0.3, 0.4) is 0 Å². The summed E-state index contributed by atoms with van der Waals surface area (Å²) < 4.78 is 45.8. The van der Waals surface area contributed by atoms with Gasteiger partial charge in [0.05, 0.1) is 5.56 Å². The molecule has 3 aromatic rings. The Kier molecular flexibility index (Phi) is 7.02. The summed E-state index contributed by atoms with van der Waals surface area (Å²) in [5, 5.41) is 9.02. The van der Waals surface area contributed by atoms with Crippen LogP contribution >= 0.6 is 0 Å². The lowest BCUT2D eigenvalue weighted by Crippen LogP contribution is -2.44. The molecule has 11 heteroatoms. The van der Waals surface area contributed by atoms with E-state index >= 15 is 0 Å². The van der Waals surface area contributed by atoms with E-state index in [2.05, 4.69) is 20.7 Å². The van der Waals surface area contributed by atoms with Crippen LogP contribution in [0.1, 0.15) is 37.7 Å². The fourth-order valence-corrected chi connectivity index (χ4v) is 3.85. The zero-order chi connectivity index (χ0) is 26.0. The molecule has 2 amide bonds. The number of nitrogens with one attached hydrogen (secondary N) is 2. The molecule has 0 aliphatic carbocycles.